The predicted molar refractivity (Wildman–Crippen MR) is 79.7 cm³/mol. The van der Waals surface area contributed by atoms with Gasteiger partial charge in [-0.15, -0.1) is 0 Å². The van der Waals surface area contributed by atoms with Gasteiger partial charge in [0.2, 0.25) is 0 Å². The molecule has 4 heteroatoms. The van der Waals surface area contributed by atoms with Crippen LogP contribution in [0.1, 0.15) is 85.0 Å². The summed E-state index contributed by atoms with van der Waals surface area (Å²) in [6.45, 7) is 6.29. The van der Waals surface area contributed by atoms with Crippen LogP contribution in [0.2, 0.25) is 0 Å². The van der Waals surface area contributed by atoms with Crippen molar-refractivity contribution in [2.45, 2.75) is 90.6 Å². The van der Waals surface area contributed by atoms with Crippen LogP contribution in [0.25, 0.3) is 0 Å². The lowest BCUT2D eigenvalue weighted by Gasteiger charge is -2.31. The molecule has 0 aliphatic rings. The molecule has 0 atom stereocenters. The molecule has 0 saturated carbocycles. The quantitative estimate of drug-likeness (QED) is 0.429. The van der Waals surface area contributed by atoms with Gasteiger partial charge in [-0.1, -0.05) is 33.6 Å². The Labute approximate surface area is 122 Å². The van der Waals surface area contributed by atoms with Gasteiger partial charge in [0.15, 0.2) is 0 Å². The second-order valence-corrected chi connectivity index (χ2v) is 5.42. The number of unbranched alkanes of at least 4 members (excludes halogenated alkanes) is 3. The third-order valence-electron chi connectivity index (χ3n) is 3.88. The van der Waals surface area contributed by atoms with Crippen molar-refractivity contribution in [3.05, 3.63) is 0 Å². The summed E-state index contributed by atoms with van der Waals surface area (Å²) >= 11 is 0. The highest BCUT2D eigenvalue weighted by Crippen LogP contribution is 2.28. The van der Waals surface area contributed by atoms with E-state index in [1.807, 2.05) is 0 Å². The van der Waals surface area contributed by atoms with Crippen LogP contribution in [0, 0.1) is 0 Å². The van der Waals surface area contributed by atoms with Gasteiger partial charge in [-0.05, 0) is 38.5 Å². The Balaban J connectivity index is 4.15. The number of carbonyl (C=O) groups excluding carboxylic acids is 1. The molecule has 20 heavy (non-hydrogen) atoms. The van der Waals surface area contributed by atoms with Crippen molar-refractivity contribution in [2.24, 2.45) is 0 Å². The van der Waals surface area contributed by atoms with Crippen LogP contribution >= 0.6 is 0 Å². The molecule has 0 aliphatic carbocycles. The van der Waals surface area contributed by atoms with Gasteiger partial charge in [0.1, 0.15) is 5.60 Å². The molecule has 118 valence electrons. The van der Waals surface area contributed by atoms with Gasteiger partial charge in [0, 0.05) is 12.8 Å². The smallest absolute Gasteiger partial charge is 0.306 e. The van der Waals surface area contributed by atoms with Crippen LogP contribution in [0.5, 0.6) is 0 Å². The summed E-state index contributed by atoms with van der Waals surface area (Å²) in [6, 6.07) is 0. The van der Waals surface area contributed by atoms with E-state index in [2.05, 4.69) is 20.8 Å². The summed E-state index contributed by atoms with van der Waals surface area (Å²) in [5.41, 5.74) is -0.320. The molecule has 0 aromatic heterocycles. The highest BCUT2D eigenvalue weighted by molar-refractivity contribution is 5.70. The molecule has 0 amide bonds. The second-order valence-electron chi connectivity index (χ2n) is 5.42. The van der Waals surface area contributed by atoms with Crippen LogP contribution in [0.4, 0.5) is 0 Å². The van der Waals surface area contributed by atoms with Crippen LogP contribution in [-0.2, 0) is 14.3 Å². The number of carboxylic acid groups (broad SMARTS) is 1. The van der Waals surface area contributed by atoms with E-state index in [0.717, 1.165) is 38.5 Å². The minimum Gasteiger partial charge on any atom is -0.481 e. The molecular weight excluding hydrogens is 256 g/mol. The van der Waals surface area contributed by atoms with Crippen LogP contribution in [-0.4, -0.2) is 22.6 Å². The molecule has 0 bridgehead atoms. The zero-order valence-corrected chi connectivity index (χ0v) is 13.2. The van der Waals surface area contributed by atoms with Crippen molar-refractivity contribution >= 4 is 11.9 Å². The highest BCUT2D eigenvalue weighted by atomic mass is 16.6. The maximum absolute atomic E-state index is 11.9. The molecule has 0 radical (unpaired) electrons. The fourth-order valence-electron chi connectivity index (χ4n) is 2.33. The lowest BCUT2D eigenvalue weighted by molar-refractivity contribution is -0.162. The van der Waals surface area contributed by atoms with E-state index >= 15 is 0 Å². The van der Waals surface area contributed by atoms with Gasteiger partial charge in [-0.3, -0.25) is 9.59 Å². The number of rotatable bonds is 12. The van der Waals surface area contributed by atoms with Gasteiger partial charge in [0.25, 0.3) is 0 Å². The van der Waals surface area contributed by atoms with E-state index in [9.17, 15) is 9.59 Å². The zero-order chi connectivity index (χ0) is 15.4. The van der Waals surface area contributed by atoms with Crippen LogP contribution in [0.15, 0.2) is 0 Å². The molecular formula is C16H30O4. The van der Waals surface area contributed by atoms with Gasteiger partial charge < -0.3 is 9.84 Å². The topological polar surface area (TPSA) is 63.6 Å². The third-order valence-corrected chi connectivity index (χ3v) is 3.88. The summed E-state index contributed by atoms with van der Waals surface area (Å²) < 4.78 is 5.70. The highest BCUT2D eigenvalue weighted by Gasteiger charge is 2.29. The Morgan fingerprint density at radius 3 is 2.05 bits per heavy atom. The first-order valence-electron chi connectivity index (χ1n) is 7.93. The van der Waals surface area contributed by atoms with Gasteiger partial charge in [-0.25, -0.2) is 0 Å². The van der Waals surface area contributed by atoms with Crippen LogP contribution < -0.4 is 0 Å². The van der Waals surface area contributed by atoms with Crippen molar-refractivity contribution in [1.82, 2.24) is 0 Å². The number of esters is 1. The van der Waals surface area contributed by atoms with E-state index < -0.39 is 5.97 Å². The van der Waals surface area contributed by atoms with Gasteiger partial charge in [0.05, 0.1) is 0 Å². The van der Waals surface area contributed by atoms with E-state index in [0.29, 0.717) is 19.3 Å². The Hall–Kier alpha value is -1.06. The monoisotopic (exact) mass is 286 g/mol. The Morgan fingerprint density at radius 1 is 0.950 bits per heavy atom. The first-order valence-corrected chi connectivity index (χ1v) is 7.93. The predicted octanol–water partition coefficient (Wildman–Crippen LogP) is 4.31. The third kappa shape index (κ3) is 8.18. The van der Waals surface area contributed by atoms with E-state index in [-0.39, 0.29) is 18.0 Å². The molecule has 0 rings (SSSR count). The van der Waals surface area contributed by atoms with E-state index in [1.165, 1.54) is 0 Å². The standard InChI is InChI=1S/C16H30O4/c1-4-7-10-13-16(5-2,6-3)20-15(19)12-9-8-11-14(17)18/h4-13H2,1-3H3,(H,17,18). The fourth-order valence-corrected chi connectivity index (χ4v) is 2.33. The summed E-state index contributed by atoms with van der Waals surface area (Å²) in [4.78, 5) is 22.3. The number of aliphatic carboxylic acids is 1. The number of carboxylic acids is 1. The molecule has 0 fully saturated rings. The zero-order valence-electron chi connectivity index (χ0n) is 13.2. The minimum atomic E-state index is -0.811. The largest absolute Gasteiger partial charge is 0.481 e. The van der Waals surface area contributed by atoms with Crippen molar-refractivity contribution in [1.29, 1.82) is 0 Å². The molecule has 0 spiro atoms. The lowest BCUT2D eigenvalue weighted by Crippen LogP contribution is -2.33. The molecule has 0 unspecified atom stereocenters. The average Bonchev–Trinajstić information content (AvgIpc) is 2.42. The molecule has 0 aromatic carbocycles. The molecule has 0 aliphatic heterocycles. The number of hydrogen-bond donors (Lipinski definition) is 1. The van der Waals surface area contributed by atoms with Crippen molar-refractivity contribution in [3.63, 3.8) is 0 Å². The molecule has 4 nitrogen and oxygen atoms in total. The Bertz CT molecular complexity index is 282. The van der Waals surface area contributed by atoms with Crippen molar-refractivity contribution in [2.75, 3.05) is 0 Å². The van der Waals surface area contributed by atoms with E-state index in [4.69, 9.17) is 9.84 Å². The maximum atomic E-state index is 11.9. The van der Waals surface area contributed by atoms with Gasteiger partial charge in [-0.2, -0.15) is 0 Å². The first-order chi connectivity index (χ1) is 9.49. The fraction of sp³-hybridized carbons (Fsp3) is 0.875. The summed E-state index contributed by atoms with van der Waals surface area (Å²) in [7, 11) is 0. The lowest BCUT2D eigenvalue weighted by atomic mass is 9.90. The second kappa shape index (κ2) is 10.7. The molecule has 0 saturated heterocycles. The van der Waals surface area contributed by atoms with Crippen molar-refractivity contribution in [3.8, 4) is 0 Å². The summed E-state index contributed by atoms with van der Waals surface area (Å²) in [5.74, 6) is -0.995. The average molecular weight is 286 g/mol. The van der Waals surface area contributed by atoms with E-state index in [1.54, 1.807) is 0 Å². The Morgan fingerprint density at radius 2 is 1.55 bits per heavy atom. The van der Waals surface area contributed by atoms with Gasteiger partial charge >= 0.3 is 11.9 Å². The van der Waals surface area contributed by atoms with Crippen LogP contribution in [0.3, 0.4) is 0 Å². The molecule has 0 aromatic rings. The normalized spacial score (nSPS) is 11.3. The number of ether oxygens (including phenoxy) is 1. The molecule has 1 N–H and O–H groups in total. The van der Waals surface area contributed by atoms with Crippen molar-refractivity contribution < 1.29 is 19.4 Å². The summed E-state index contributed by atoms with van der Waals surface area (Å²) in [5, 5.41) is 8.55. The Kier molecular flexibility index (Phi) is 10.1. The summed E-state index contributed by atoms with van der Waals surface area (Å²) in [6.07, 6.45) is 7.58. The molecule has 0 heterocycles. The number of hydrogen-bond acceptors (Lipinski definition) is 3. The minimum absolute atomic E-state index is 0.122. The first kappa shape index (κ1) is 18.9. The maximum Gasteiger partial charge on any atom is 0.306 e. The SMILES string of the molecule is CCCCCC(CC)(CC)OC(=O)CCCCC(=O)O. The number of carbonyl (C=O) groups is 2.